The van der Waals surface area contributed by atoms with Crippen LogP contribution < -0.4 is 10.6 Å². The molecule has 0 aromatic rings. The number of amides is 2. The molecule has 0 saturated carbocycles. The second-order valence-corrected chi connectivity index (χ2v) is 15.4. The van der Waals surface area contributed by atoms with Crippen molar-refractivity contribution in [3.05, 3.63) is 0 Å². The number of nitrogens with one attached hydrogen (secondary N) is 2. The highest BCUT2D eigenvalue weighted by molar-refractivity contribution is 7.99. The lowest BCUT2D eigenvalue weighted by atomic mass is 10.0. The third kappa shape index (κ3) is 28.7. The van der Waals surface area contributed by atoms with E-state index in [-0.39, 0.29) is 24.7 Å². The normalized spacial score (nSPS) is 13.0. The lowest BCUT2D eigenvalue weighted by Crippen LogP contribution is -2.55. The van der Waals surface area contributed by atoms with Crippen LogP contribution in [0.5, 0.6) is 0 Å². The van der Waals surface area contributed by atoms with Gasteiger partial charge in [-0.15, -0.1) is 0 Å². The minimum Gasteiger partial charge on any atom is -0.467 e. The summed E-state index contributed by atoms with van der Waals surface area (Å²) in [6.45, 7) is 13.3. The van der Waals surface area contributed by atoms with Gasteiger partial charge in [0.1, 0.15) is 11.6 Å². The summed E-state index contributed by atoms with van der Waals surface area (Å²) in [5.41, 5.74) is -1.28. The minimum atomic E-state index is -1.05. The van der Waals surface area contributed by atoms with Gasteiger partial charge in [-0.1, -0.05) is 90.4 Å². The summed E-state index contributed by atoms with van der Waals surface area (Å²) in [5, 5.41) is 5.23. The molecule has 0 aliphatic rings. The Morgan fingerprint density at radius 3 is 1.70 bits per heavy atom. The van der Waals surface area contributed by atoms with Crippen molar-refractivity contribution >= 4 is 35.7 Å². The number of carbonyl (C=O) groups excluding carboxylic acids is 4. The monoisotopic (exact) mass is 688 g/mol. The molecule has 2 atom stereocenters. The maximum Gasteiger partial charge on any atom is 0.408 e. The smallest absolute Gasteiger partial charge is 0.408 e. The van der Waals surface area contributed by atoms with Crippen molar-refractivity contribution in [3.8, 4) is 0 Å². The van der Waals surface area contributed by atoms with Crippen molar-refractivity contribution in [2.75, 3.05) is 31.8 Å². The predicted molar refractivity (Wildman–Crippen MR) is 191 cm³/mol. The quantitative estimate of drug-likeness (QED) is 0.0503. The average molecular weight is 689 g/mol. The standard InChI is InChI=1S/C36H68N2O8S/c1-9-10-11-12-13-14-15-16-17-18-19-20-21-22-25-44-31(39)24-23-26-47-28-30(38-34(42)46-36(5,6)7)32(40)37-29(33(41)43-8)27-45-35(2,3)4/h29-30H,9-28H2,1-8H3,(H,37,40)(H,38,42)/t29-,30-/m0/s1. The third-order valence-corrected chi connectivity index (χ3v) is 8.35. The number of alkyl carbamates (subject to hydrolysis) is 1. The first-order valence-corrected chi connectivity index (χ1v) is 19.1. The highest BCUT2D eigenvalue weighted by Gasteiger charge is 2.30. The predicted octanol–water partition coefficient (Wildman–Crippen LogP) is 7.89. The molecule has 0 unspecified atom stereocenters. The molecule has 11 heteroatoms. The molecule has 10 nitrogen and oxygen atoms in total. The summed E-state index contributed by atoms with van der Waals surface area (Å²) < 4.78 is 21.2. The number of ether oxygens (including phenoxy) is 4. The van der Waals surface area contributed by atoms with E-state index in [9.17, 15) is 19.2 Å². The number of esters is 2. The first-order chi connectivity index (χ1) is 22.2. The molecule has 0 aliphatic heterocycles. The van der Waals surface area contributed by atoms with Gasteiger partial charge >= 0.3 is 18.0 Å². The Kier molecular flexibility index (Phi) is 25.7. The summed E-state index contributed by atoms with van der Waals surface area (Å²) in [6.07, 6.45) is 18.1. The molecule has 0 spiro atoms. The lowest BCUT2D eigenvalue weighted by Gasteiger charge is -2.26. The summed E-state index contributed by atoms with van der Waals surface area (Å²) in [4.78, 5) is 50.1. The van der Waals surface area contributed by atoms with E-state index in [1.54, 1.807) is 20.8 Å². The van der Waals surface area contributed by atoms with Crippen LogP contribution in [0.4, 0.5) is 4.79 Å². The molecule has 2 amide bonds. The van der Waals surface area contributed by atoms with Gasteiger partial charge in [-0.2, -0.15) is 11.8 Å². The zero-order valence-electron chi connectivity index (χ0n) is 31.0. The van der Waals surface area contributed by atoms with Gasteiger partial charge in [0.15, 0.2) is 6.04 Å². The second kappa shape index (κ2) is 26.9. The van der Waals surface area contributed by atoms with Gasteiger partial charge in [-0.25, -0.2) is 9.59 Å². The van der Waals surface area contributed by atoms with Crippen LogP contribution in [0, 0.1) is 0 Å². The number of thioether (sulfide) groups is 1. The average Bonchev–Trinajstić information content (AvgIpc) is 2.98. The molecule has 0 saturated heterocycles. The number of rotatable bonds is 27. The van der Waals surface area contributed by atoms with Crippen molar-refractivity contribution in [3.63, 3.8) is 0 Å². The Bertz CT molecular complexity index is 857. The third-order valence-electron chi connectivity index (χ3n) is 7.21. The summed E-state index contributed by atoms with van der Waals surface area (Å²) >= 11 is 1.41. The van der Waals surface area contributed by atoms with E-state index in [0.717, 1.165) is 12.8 Å². The first-order valence-electron chi connectivity index (χ1n) is 17.9. The fourth-order valence-corrected chi connectivity index (χ4v) is 5.61. The van der Waals surface area contributed by atoms with Crippen LogP contribution in [-0.4, -0.2) is 79.1 Å². The van der Waals surface area contributed by atoms with Crippen LogP contribution in [-0.2, 0) is 33.3 Å². The Morgan fingerprint density at radius 1 is 0.681 bits per heavy atom. The second-order valence-electron chi connectivity index (χ2n) is 14.2. The first kappa shape index (κ1) is 45.0. The number of carbonyl (C=O) groups is 4. The zero-order chi connectivity index (χ0) is 35.6. The SMILES string of the molecule is CCCCCCCCCCCCCCCCOC(=O)CCCSC[C@H](NC(=O)OC(C)(C)C)C(=O)N[C@@H](COC(C)(C)C)C(=O)OC. The number of methoxy groups -OCH3 is 1. The number of hydrogen-bond donors (Lipinski definition) is 2. The van der Waals surface area contributed by atoms with Gasteiger partial charge in [0, 0.05) is 12.2 Å². The van der Waals surface area contributed by atoms with Crippen molar-refractivity contribution < 1.29 is 38.1 Å². The summed E-state index contributed by atoms with van der Waals surface area (Å²) in [5.74, 6) is -0.641. The largest absolute Gasteiger partial charge is 0.467 e. The number of unbranched alkanes of at least 4 members (excludes halogenated alkanes) is 13. The maximum absolute atomic E-state index is 13.2. The fourth-order valence-electron chi connectivity index (χ4n) is 4.62. The lowest BCUT2D eigenvalue weighted by molar-refractivity contribution is -0.148. The van der Waals surface area contributed by atoms with Crippen LogP contribution in [0.1, 0.15) is 151 Å². The van der Waals surface area contributed by atoms with E-state index in [1.807, 2.05) is 20.8 Å². The zero-order valence-corrected chi connectivity index (χ0v) is 31.8. The van der Waals surface area contributed by atoms with Gasteiger partial charge in [0.25, 0.3) is 0 Å². The summed E-state index contributed by atoms with van der Waals surface area (Å²) in [7, 11) is 1.23. The molecule has 0 aromatic heterocycles. The van der Waals surface area contributed by atoms with Gasteiger partial charge in [-0.05, 0) is 60.1 Å². The Morgan fingerprint density at radius 2 is 1.21 bits per heavy atom. The van der Waals surface area contributed by atoms with Crippen molar-refractivity contribution in [2.45, 2.75) is 174 Å². The van der Waals surface area contributed by atoms with E-state index in [1.165, 1.54) is 95.9 Å². The molecule has 0 heterocycles. The van der Waals surface area contributed by atoms with Gasteiger partial charge in [-0.3, -0.25) is 9.59 Å². The maximum atomic E-state index is 13.2. The van der Waals surface area contributed by atoms with Crippen molar-refractivity contribution in [1.82, 2.24) is 10.6 Å². The molecule has 0 aromatic carbocycles. The molecule has 0 fully saturated rings. The van der Waals surface area contributed by atoms with Crippen molar-refractivity contribution in [2.24, 2.45) is 0 Å². The van der Waals surface area contributed by atoms with Crippen LogP contribution in [0.3, 0.4) is 0 Å². The van der Waals surface area contributed by atoms with Gasteiger partial charge < -0.3 is 29.6 Å². The van der Waals surface area contributed by atoms with E-state index >= 15 is 0 Å². The molecule has 0 bridgehead atoms. The molecular weight excluding hydrogens is 620 g/mol. The van der Waals surface area contributed by atoms with Crippen LogP contribution in [0.25, 0.3) is 0 Å². The molecule has 47 heavy (non-hydrogen) atoms. The molecule has 2 N–H and O–H groups in total. The van der Waals surface area contributed by atoms with E-state index in [0.29, 0.717) is 18.8 Å². The highest BCUT2D eigenvalue weighted by atomic mass is 32.2. The Balaban J connectivity index is 4.36. The van der Waals surface area contributed by atoms with Crippen LogP contribution in [0.2, 0.25) is 0 Å². The van der Waals surface area contributed by atoms with Crippen molar-refractivity contribution in [1.29, 1.82) is 0 Å². The topological polar surface area (TPSA) is 129 Å². The fraction of sp³-hybridized carbons (Fsp3) is 0.889. The van der Waals surface area contributed by atoms with Crippen LogP contribution in [0.15, 0.2) is 0 Å². The molecule has 0 aliphatic carbocycles. The molecule has 276 valence electrons. The van der Waals surface area contributed by atoms with Gasteiger partial charge in [0.2, 0.25) is 5.91 Å². The van der Waals surface area contributed by atoms with Gasteiger partial charge in [0.05, 0.1) is 25.9 Å². The molecule has 0 rings (SSSR count). The Labute approximate surface area is 290 Å². The van der Waals surface area contributed by atoms with E-state index < -0.39 is 41.3 Å². The molecule has 0 radical (unpaired) electrons. The summed E-state index contributed by atoms with van der Waals surface area (Å²) in [6, 6.07) is -2.03. The van der Waals surface area contributed by atoms with E-state index in [2.05, 4.69) is 17.6 Å². The highest BCUT2D eigenvalue weighted by Crippen LogP contribution is 2.14. The van der Waals surface area contributed by atoms with E-state index in [4.69, 9.17) is 18.9 Å². The number of hydrogen-bond acceptors (Lipinski definition) is 9. The van der Waals surface area contributed by atoms with Crippen LogP contribution >= 0.6 is 11.8 Å². The Hall–Kier alpha value is -2.01. The minimum absolute atomic E-state index is 0.0876. The molecular formula is C36H68N2O8S.